The lowest BCUT2D eigenvalue weighted by atomic mass is 9.68. The third-order valence-electron chi connectivity index (χ3n) is 6.86. The monoisotopic (exact) mass is 356 g/mol. The van der Waals surface area contributed by atoms with Crippen molar-refractivity contribution in [2.45, 2.75) is 50.6 Å². The fourth-order valence-electron chi connectivity index (χ4n) is 6.03. The van der Waals surface area contributed by atoms with Crippen molar-refractivity contribution in [2.75, 3.05) is 0 Å². The molecule has 7 atom stereocenters. The van der Waals surface area contributed by atoms with Gasteiger partial charge in [0.15, 0.2) is 0 Å². The van der Waals surface area contributed by atoms with E-state index in [1.807, 2.05) is 13.0 Å². The van der Waals surface area contributed by atoms with Crippen LogP contribution in [-0.4, -0.2) is 23.1 Å². The Hall–Kier alpha value is -0.720. The highest BCUT2D eigenvalue weighted by molar-refractivity contribution is 5.12. The summed E-state index contributed by atoms with van der Waals surface area (Å²) in [5.41, 5.74) is -4.61. The minimum absolute atomic E-state index is 0.155. The smallest absolute Gasteiger partial charge is 0.374 e. The van der Waals surface area contributed by atoms with E-state index in [1.54, 1.807) is 0 Å². The molecule has 3 aliphatic rings. The topological polar surface area (TPSA) is 20.2 Å². The van der Waals surface area contributed by atoms with Crippen LogP contribution in [0.5, 0.6) is 0 Å². The second kappa shape index (κ2) is 5.39. The lowest BCUT2D eigenvalue weighted by Gasteiger charge is -2.40. The Balaban J connectivity index is 1.83. The van der Waals surface area contributed by atoms with Crippen molar-refractivity contribution in [3.05, 3.63) is 12.7 Å². The normalized spacial score (nSPS) is 42.4. The molecule has 1 N–H and O–H groups in total. The first-order chi connectivity index (χ1) is 10.9. The standard InChI is InChI=1S/C17H22F6O/c1-3-9-4-8(2)13-12-6-10(14(9)13)5-11(12)7-15(24,16(18,19)20)17(21,22)23/h3,8-14,24H,1,4-7H2,2H3. The van der Waals surface area contributed by atoms with Gasteiger partial charge in [-0.25, -0.2) is 0 Å². The van der Waals surface area contributed by atoms with Gasteiger partial charge in [-0.3, -0.25) is 0 Å². The molecule has 0 spiro atoms. The molecule has 138 valence electrons. The molecule has 0 aliphatic heterocycles. The van der Waals surface area contributed by atoms with Crippen LogP contribution >= 0.6 is 0 Å². The van der Waals surface area contributed by atoms with Crippen LogP contribution in [-0.2, 0) is 0 Å². The molecule has 1 nitrogen and oxygen atoms in total. The van der Waals surface area contributed by atoms with Gasteiger partial charge in [0.1, 0.15) is 0 Å². The van der Waals surface area contributed by atoms with Crippen molar-refractivity contribution < 1.29 is 31.4 Å². The Morgan fingerprint density at radius 2 is 1.58 bits per heavy atom. The second-order valence-corrected chi connectivity index (χ2v) is 7.98. The van der Waals surface area contributed by atoms with E-state index in [4.69, 9.17) is 0 Å². The molecule has 3 saturated carbocycles. The maximum atomic E-state index is 13.0. The van der Waals surface area contributed by atoms with Crippen molar-refractivity contribution in [3.8, 4) is 0 Å². The first-order valence-electron chi connectivity index (χ1n) is 8.39. The molecule has 3 fully saturated rings. The first-order valence-corrected chi connectivity index (χ1v) is 8.39. The van der Waals surface area contributed by atoms with Crippen LogP contribution < -0.4 is 0 Å². The zero-order chi connectivity index (χ0) is 18.1. The van der Waals surface area contributed by atoms with E-state index in [-0.39, 0.29) is 23.7 Å². The van der Waals surface area contributed by atoms with Gasteiger partial charge in [0.05, 0.1) is 0 Å². The second-order valence-electron chi connectivity index (χ2n) is 7.98. The molecule has 0 aromatic rings. The molecule has 3 aliphatic carbocycles. The zero-order valence-electron chi connectivity index (χ0n) is 13.4. The summed E-state index contributed by atoms with van der Waals surface area (Å²) in [6.45, 7) is 5.85. The number of hydrogen-bond acceptors (Lipinski definition) is 1. The van der Waals surface area contributed by atoms with Gasteiger partial charge in [0.25, 0.3) is 5.60 Å². The minimum Gasteiger partial charge on any atom is -0.374 e. The highest BCUT2D eigenvalue weighted by Gasteiger charge is 2.72. The van der Waals surface area contributed by atoms with Crippen LogP contribution in [0.2, 0.25) is 0 Å². The van der Waals surface area contributed by atoms with E-state index in [1.165, 1.54) is 0 Å². The third kappa shape index (κ3) is 2.41. The van der Waals surface area contributed by atoms with Crippen LogP contribution in [0.3, 0.4) is 0 Å². The van der Waals surface area contributed by atoms with E-state index >= 15 is 0 Å². The van der Waals surface area contributed by atoms with Gasteiger partial charge < -0.3 is 5.11 Å². The van der Waals surface area contributed by atoms with E-state index < -0.39 is 30.3 Å². The maximum absolute atomic E-state index is 13.0. The number of rotatable bonds is 3. The summed E-state index contributed by atoms with van der Waals surface area (Å²) in [7, 11) is 0. The Morgan fingerprint density at radius 3 is 2.08 bits per heavy atom. The highest BCUT2D eigenvalue weighted by Crippen LogP contribution is 2.66. The molecule has 0 saturated heterocycles. The Kier molecular flexibility index (Phi) is 4.06. The SMILES string of the molecule is C=CC1CC(C)C2C3CC(CC3CC(O)(C(F)(F)F)C(F)(F)F)C12. The van der Waals surface area contributed by atoms with Gasteiger partial charge in [0.2, 0.25) is 0 Å². The van der Waals surface area contributed by atoms with Crippen molar-refractivity contribution in [2.24, 2.45) is 41.4 Å². The molecule has 7 heteroatoms. The highest BCUT2D eigenvalue weighted by atomic mass is 19.4. The molecular formula is C17H22F6O. The average molecular weight is 356 g/mol. The number of hydrogen-bond donors (Lipinski definition) is 1. The molecule has 0 heterocycles. The summed E-state index contributed by atoms with van der Waals surface area (Å²) in [6.07, 6.45) is -8.87. The molecule has 3 rings (SSSR count). The number of fused-ring (bicyclic) bond motifs is 5. The Labute approximate surface area is 137 Å². The molecule has 0 amide bonds. The molecule has 2 bridgehead atoms. The number of aliphatic hydroxyl groups is 1. The first kappa shape index (κ1) is 18.1. The van der Waals surface area contributed by atoms with Crippen LogP contribution in [0.15, 0.2) is 12.7 Å². The van der Waals surface area contributed by atoms with Crippen LogP contribution in [0.4, 0.5) is 26.3 Å². The lowest BCUT2D eigenvalue weighted by molar-refractivity contribution is -0.373. The van der Waals surface area contributed by atoms with Gasteiger partial charge in [-0.2, -0.15) is 26.3 Å². The van der Waals surface area contributed by atoms with E-state index in [0.29, 0.717) is 24.7 Å². The van der Waals surface area contributed by atoms with Crippen LogP contribution in [0.25, 0.3) is 0 Å². The summed E-state index contributed by atoms with van der Waals surface area (Å²) in [6, 6.07) is 0. The fourth-order valence-corrected chi connectivity index (χ4v) is 6.03. The average Bonchev–Trinajstić information content (AvgIpc) is 3.07. The van der Waals surface area contributed by atoms with Gasteiger partial charge in [-0.15, -0.1) is 6.58 Å². The summed E-state index contributed by atoms with van der Waals surface area (Å²) < 4.78 is 77.8. The maximum Gasteiger partial charge on any atom is 0.426 e. The van der Waals surface area contributed by atoms with Gasteiger partial charge >= 0.3 is 12.4 Å². The molecular weight excluding hydrogens is 334 g/mol. The largest absolute Gasteiger partial charge is 0.426 e. The zero-order valence-corrected chi connectivity index (χ0v) is 13.4. The summed E-state index contributed by atoms with van der Waals surface area (Å²) in [5, 5.41) is 9.51. The Morgan fingerprint density at radius 1 is 1.00 bits per heavy atom. The van der Waals surface area contributed by atoms with Crippen molar-refractivity contribution in [1.29, 1.82) is 0 Å². The van der Waals surface area contributed by atoms with Crippen molar-refractivity contribution in [3.63, 3.8) is 0 Å². The third-order valence-corrected chi connectivity index (χ3v) is 6.86. The number of alkyl halides is 6. The van der Waals surface area contributed by atoms with E-state index in [0.717, 1.165) is 6.42 Å². The fraction of sp³-hybridized carbons (Fsp3) is 0.882. The van der Waals surface area contributed by atoms with Crippen molar-refractivity contribution >= 4 is 0 Å². The summed E-state index contributed by atoms with van der Waals surface area (Å²) >= 11 is 0. The lowest BCUT2D eigenvalue weighted by Crippen LogP contribution is -2.58. The molecule has 0 aromatic heterocycles. The molecule has 0 aromatic carbocycles. The predicted octanol–water partition coefficient (Wildman–Crippen LogP) is 4.96. The van der Waals surface area contributed by atoms with Crippen molar-refractivity contribution in [1.82, 2.24) is 0 Å². The number of allylic oxidation sites excluding steroid dienone is 1. The van der Waals surface area contributed by atoms with Gasteiger partial charge in [-0.1, -0.05) is 13.0 Å². The van der Waals surface area contributed by atoms with Crippen LogP contribution in [0.1, 0.15) is 32.6 Å². The van der Waals surface area contributed by atoms with E-state index in [2.05, 4.69) is 6.58 Å². The summed E-state index contributed by atoms with van der Waals surface area (Å²) in [5.74, 6) is 0.354. The molecule has 7 unspecified atom stereocenters. The quantitative estimate of drug-likeness (QED) is 0.560. The van der Waals surface area contributed by atoms with Gasteiger partial charge in [-0.05, 0) is 67.1 Å². The Bertz CT molecular complexity index is 496. The number of halogens is 6. The van der Waals surface area contributed by atoms with E-state index in [9.17, 15) is 31.4 Å². The molecule has 0 radical (unpaired) electrons. The predicted molar refractivity (Wildman–Crippen MR) is 75.8 cm³/mol. The molecule has 24 heavy (non-hydrogen) atoms. The summed E-state index contributed by atoms with van der Waals surface area (Å²) in [4.78, 5) is 0. The van der Waals surface area contributed by atoms with Crippen LogP contribution in [0, 0.1) is 41.4 Å². The minimum atomic E-state index is -5.71. The van der Waals surface area contributed by atoms with Gasteiger partial charge in [0, 0.05) is 0 Å².